The summed E-state index contributed by atoms with van der Waals surface area (Å²) in [5, 5.41) is 0.670. The fraction of sp³-hybridized carbons (Fsp3) is 0.381. The molecule has 0 unspecified atom stereocenters. The molecule has 1 amide bonds. The number of aryl methyl sites for hydroxylation is 1. The van der Waals surface area contributed by atoms with E-state index in [1.807, 2.05) is 36.9 Å². The highest BCUT2D eigenvalue weighted by atomic mass is 35.5. The van der Waals surface area contributed by atoms with Crippen molar-refractivity contribution in [3.05, 3.63) is 64.7 Å². The highest BCUT2D eigenvalue weighted by Gasteiger charge is 2.26. The Morgan fingerprint density at radius 2 is 1.81 bits per heavy atom. The number of nitrogens with zero attached hydrogens (tertiary/aromatic N) is 2. The number of benzene rings is 2. The molecule has 2 aromatic carbocycles. The fourth-order valence-electron chi connectivity index (χ4n) is 3.21. The molecule has 3 rings (SSSR count). The summed E-state index contributed by atoms with van der Waals surface area (Å²) in [5.41, 5.74) is 2.24. The summed E-state index contributed by atoms with van der Waals surface area (Å²) >= 11 is 5.97. The summed E-state index contributed by atoms with van der Waals surface area (Å²) in [6.45, 7) is 7.91. The maximum Gasteiger partial charge on any atom is 0.263 e. The van der Waals surface area contributed by atoms with Gasteiger partial charge >= 0.3 is 0 Å². The van der Waals surface area contributed by atoms with Gasteiger partial charge in [-0.1, -0.05) is 41.9 Å². The van der Waals surface area contributed by atoms with Crippen molar-refractivity contribution >= 4 is 17.5 Å². The van der Waals surface area contributed by atoms with Crippen LogP contribution in [0.3, 0.4) is 0 Å². The van der Waals surface area contributed by atoms with Gasteiger partial charge < -0.3 is 9.64 Å². The zero-order valence-corrected chi connectivity index (χ0v) is 16.1. The molecule has 1 saturated heterocycles. The van der Waals surface area contributed by atoms with Crippen LogP contribution in [-0.4, -0.2) is 48.0 Å². The number of carbonyl (C=O) groups excluding carboxylic acids is 1. The van der Waals surface area contributed by atoms with Gasteiger partial charge in [-0.25, -0.2) is 0 Å². The van der Waals surface area contributed by atoms with E-state index < -0.39 is 6.10 Å². The van der Waals surface area contributed by atoms with Crippen LogP contribution in [-0.2, 0) is 11.3 Å². The lowest BCUT2D eigenvalue weighted by Gasteiger charge is -2.36. The average Bonchev–Trinajstić information content (AvgIpc) is 2.65. The maximum absolute atomic E-state index is 12.7. The van der Waals surface area contributed by atoms with E-state index in [1.165, 1.54) is 5.56 Å². The second kappa shape index (κ2) is 8.56. The fourth-order valence-corrected chi connectivity index (χ4v) is 3.44. The molecule has 0 aliphatic carbocycles. The predicted octanol–water partition coefficient (Wildman–Crippen LogP) is 3.76. The zero-order valence-electron chi connectivity index (χ0n) is 15.3. The third-order valence-electron chi connectivity index (χ3n) is 4.72. The van der Waals surface area contributed by atoms with Gasteiger partial charge in [-0.2, -0.15) is 0 Å². The normalized spacial score (nSPS) is 16.3. The Kier molecular flexibility index (Phi) is 6.17. The molecule has 26 heavy (non-hydrogen) atoms. The van der Waals surface area contributed by atoms with Gasteiger partial charge in [-0.05, 0) is 43.2 Å². The van der Waals surface area contributed by atoms with E-state index in [-0.39, 0.29) is 5.91 Å². The zero-order chi connectivity index (χ0) is 18.5. The minimum absolute atomic E-state index is 0.0405. The van der Waals surface area contributed by atoms with Crippen LogP contribution in [0.5, 0.6) is 5.75 Å². The van der Waals surface area contributed by atoms with Crippen LogP contribution in [0.15, 0.2) is 48.5 Å². The molecule has 0 radical (unpaired) electrons. The van der Waals surface area contributed by atoms with Gasteiger partial charge in [-0.15, -0.1) is 0 Å². The lowest BCUT2D eigenvalue weighted by molar-refractivity contribution is -0.139. The minimum atomic E-state index is -0.504. The summed E-state index contributed by atoms with van der Waals surface area (Å²) in [5.74, 6) is 0.747. The largest absolute Gasteiger partial charge is 0.481 e. The van der Waals surface area contributed by atoms with Crippen LogP contribution in [0.25, 0.3) is 0 Å². The van der Waals surface area contributed by atoms with E-state index in [9.17, 15) is 4.79 Å². The lowest BCUT2D eigenvalue weighted by Crippen LogP contribution is -2.51. The third kappa shape index (κ3) is 4.77. The first-order chi connectivity index (χ1) is 12.5. The Morgan fingerprint density at radius 3 is 2.46 bits per heavy atom. The molecule has 138 valence electrons. The van der Waals surface area contributed by atoms with Crippen LogP contribution >= 0.6 is 11.6 Å². The summed E-state index contributed by atoms with van der Waals surface area (Å²) in [6.07, 6.45) is -0.504. The number of ether oxygens (including phenoxy) is 1. The van der Waals surface area contributed by atoms with Crippen molar-refractivity contribution in [1.82, 2.24) is 9.80 Å². The first-order valence-corrected chi connectivity index (χ1v) is 9.38. The van der Waals surface area contributed by atoms with E-state index in [2.05, 4.69) is 29.2 Å². The van der Waals surface area contributed by atoms with Crippen molar-refractivity contribution in [2.24, 2.45) is 0 Å². The van der Waals surface area contributed by atoms with Crippen LogP contribution in [0.4, 0.5) is 0 Å². The van der Waals surface area contributed by atoms with E-state index in [0.29, 0.717) is 10.8 Å². The van der Waals surface area contributed by atoms with Crippen LogP contribution < -0.4 is 4.74 Å². The third-order valence-corrected chi connectivity index (χ3v) is 4.96. The Balaban J connectivity index is 1.51. The average molecular weight is 373 g/mol. The Morgan fingerprint density at radius 1 is 1.12 bits per heavy atom. The molecular formula is C21H25ClN2O2. The Labute approximate surface area is 160 Å². The van der Waals surface area contributed by atoms with Gasteiger partial charge in [0.25, 0.3) is 5.91 Å². The van der Waals surface area contributed by atoms with Crippen molar-refractivity contribution in [3.63, 3.8) is 0 Å². The van der Waals surface area contributed by atoms with Gasteiger partial charge in [0.1, 0.15) is 5.75 Å². The van der Waals surface area contributed by atoms with Crippen molar-refractivity contribution in [3.8, 4) is 5.75 Å². The molecule has 1 atom stereocenters. The first-order valence-electron chi connectivity index (χ1n) is 9.01. The second-order valence-corrected chi connectivity index (χ2v) is 7.19. The lowest BCUT2D eigenvalue weighted by atomic mass is 10.2. The van der Waals surface area contributed by atoms with Crippen LogP contribution in [0, 0.1) is 6.92 Å². The molecule has 0 bridgehead atoms. The molecule has 0 saturated carbocycles. The molecule has 0 N–H and O–H groups in total. The number of hydrogen-bond acceptors (Lipinski definition) is 3. The smallest absolute Gasteiger partial charge is 0.263 e. The van der Waals surface area contributed by atoms with E-state index in [4.69, 9.17) is 16.3 Å². The Hall–Kier alpha value is -2.04. The molecule has 1 aliphatic heterocycles. The molecular weight excluding hydrogens is 348 g/mol. The topological polar surface area (TPSA) is 32.8 Å². The SMILES string of the molecule is Cc1cc(Cl)ccc1O[C@H](C)C(=O)N1CCN(Cc2ccccc2)CC1. The van der Waals surface area contributed by atoms with Gasteiger partial charge in [0.05, 0.1) is 0 Å². The molecule has 4 nitrogen and oxygen atoms in total. The van der Waals surface area contributed by atoms with Gasteiger partial charge in [0.15, 0.2) is 6.10 Å². The van der Waals surface area contributed by atoms with Crippen molar-refractivity contribution in [1.29, 1.82) is 0 Å². The van der Waals surface area contributed by atoms with Crippen molar-refractivity contribution in [2.45, 2.75) is 26.5 Å². The minimum Gasteiger partial charge on any atom is -0.481 e. The Bertz CT molecular complexity index is 743. The molecule has 1 fully saturated rings. The molecule has 2 aromatic rings. The second-order valence-electron chi connectivity index (χ2n) is 6.76. The number of piperazine rings is 1. The molecule has 5 heteroatoms. The number of carbonyl (C=O) groups is 1. The maximum atomic E-state index is 12.7. The molecule has 0 aromatic heterocycles. The van der Waals surface area contributed by atoms with Crippen molar-refractivity contribution < 1.29 is 9.53 Å². The summed E-state index contributed by atoms with van der Waals surface area (Å²) in [6, 6.07) is 15.9. The monoisotopic (exact) mass is 372 g/mol. The quantitative estimate of drug-likeness (QED) is 0.801. The van der Waals surface area contributed by atoms with Crippen LogP contribution in [0.2, 0.25) is 5.02 Å². The molecule has 0 spiro atoms. The number of halogens is 1. The highest BCUT2D eigenvalue weighted by molar-refractivity contribution is 6.30. The number of rotatable bonds is 5. The predicted molar refractivity (Wildman–Crippen MR) is 105 cm³/mol. The van der Waals surface area contributed by atoms with Gasteiger partial charge in [0.2, 0.25) is 0 Å². The summed E-state index contributed by atoms with van der Waals surface area (Å²) in [7, 11) is 0. The van der Waals surface area contributed by atoms with E-state index in [0.717, 1.165) is 38.3 Å². The van der Waals surface area contributed by atoms with Crippen LogP contribution in [0.1, 0.15) is 18.1 Å². The van der Waals surface area contributed by atoms with Gasteiger partial charge in [-0.3, -0.25) is 9.69 Å². The number of amides is 1. The highest BCUT2D eigenvalue weighted by Crippen LogP contribution is 2.23. The van der Waals surface area contributed by atoms with Gasteiger partial charge in [0, 0.05) is 37.7 Å². The standard InChI is InChI=1S/C21H25ClN2O2/c1-16-14-19(22)8-9-20(16)26-17(2)21(25)24-12-10-23(11-13-24)15-18-6-4-3-5-7-18/h3-9,14,17H,10-13,15H2,1-2H3/t17-/m1/s1. The summed E-state index contributed by atoms with van der Waals surface area (Å²) in [4.78, 5) is 17.0. The van der Waals surface area contributed by atoms with E-state index >= 15 is 0 Å². The summed E-state index contributed by atoms with van der Waals surface area (Å²) < 4.78 is 5.87. The molecule has 1 heterocycles. The van der Waals surface area contributed by atoms with Crippen molar-refractivity contribution in [2.75, 3.05) is 26.2 Å². The molecule has 1 aliphatic rings. The number of hydrogen-bond donors (Lipinski definition) is 0. The van der Waals surface area contributed by atoms with E-state index in [1.54, 1.807) is 6.07 Å². The first kappa shape index (κ1) is 18.7.